The first kappa shape index (κ1) is 20.2. The summed E-state index contributed by atoms with van der Waals surface area (Å²) < 4.78 is 6.55. The fraction of sp³-hybridized carbons (Fsp3) is 0.200. The Labute approximate surface area is 172 Å². The number of hydrogen-bond donors (Lipinski definition) is 2. The van der Waals surface area contributed by atoms with Crippen LogP contribution in [0.4, 0.5) is 5.69 Å². The number of nitrogens with one attached hydrogen (secondary N) is 1. The molecule has 0 radical (unpaired) electrons. The number of rotatable bonds is 8. The van der Waals surface area contributed by atoms with Crippen LogP contribution in [0.5, 0.6) is 5.75 Å². The zero-order chi connectivity index (χ0) is 20.6. The Morgan fingerprint density at radius 1 is 1.17 bits per heavy atom. The molecule has 3 aromatic rings. The van der Waals surface area contributed by atoms with Crippen molar-refractivity contribution in [2.45, 2.75) is 18.0 Å². The molecule has 0 fully saturated rings. The molecule has 1 amide bonds. The van der Waals surface area contributed by atoms with E-state index < -0.39 is 0 Å². The molecule has 9 heteroatoms. The van der Waals surface area contributed by atoms with Crippen molar-refractivity contribution >= 4 is 23.4 Å². The number of methoxy groups -OCH3 is 1. The van der Waals surface area contributed by atoms with Gasteiger partial charge in [-0.25, -0.2) is 4.68 Å². The van der Waals surface area contributed by atoms with Crippen molar-refractivity contribution in [1.82, 2.24) is 14.9 Å². The van der Waals surface area contributed by atoms with Gasteiger partial charge in [0.25, 0.3) is 0 Å². The van der Waals surface area contributed by atoms with E-state index in [1.165, 1.54) is 16.4 Å². The maximum absolute atomic E-state index is 12.2. The Kier molecular flexibility index (Phi) is 6.71. The summed E-state index contributed by atoms with van der Waals surface area (Å²) in [5.74, 6) is 7.44. The third-order valence-corrected chi connectivity index (χ3v) is 5.05. The van der Waals surface area contributed by atoms with Crippen LogP contribution in [0.3, 0.4) is 0 Å². The van der Waals surface area contributed by atoms with Gasteiger partial charge >= 0.3 is 0 Å². The van der Waals surface area contributed by atoms with Gasteiger partial charge < -0.3 is 15.9 Å². The number of amides is 1. The molecular weight excluding hydrogens is 388 g/mol. The smallest absolute Gasteiger partial charge is 0.234 e. The van der Waals surface area contributed by atoms with Crippen molar-refractivity contribution < 1.29 is 9.53 Å². The number of benzene rings is 2. The molecule has 2 aromatic carbocycles. The molecule has 3 rings (SSSR count). The van der Waals surface area contributed by atoms with Gasteiger partial charge in [0.2, 0.25) is 11.1 Å². The van der Waals surface area contributed by atoms with E-state index in [1.54, 1.807) is 19.2 Å². The first-order valence-electron chi connectivity index (χ1n) is 8.80. The second kappa shape index (κ2) is 9.61. The van der Waals surface area contributed by atoms with Gasteiger partial charge in [-0.05, 0) is 35.4 Å². The Hall–Kier alpha value is -3.51. The summed E-state index contributed by atoms with van der Waals surface area (Å²) in [6.45, 7) is 0. The van der Waals surface area contributed by atoms with E-state index in [4.69, 9.17) is 15.8 Å². The van der Waals surface area contributed by atoms with Crippen molar-refractivity contribution in [1.29, 1.82) is 5.26 Å². The Balaban J connectivity index is 1.54. The molecule has 148 valence electrons. The number of nitrogens with two attached hydrogens (primary N) is 1. The first-order chi connectivity index (χ1) is 14.1. The summed E-state index contributed by atoms with van der Waals surface area (Å²) in [6.07, 6.45) is 0.865. The number of thioether (sulfide) groups is 1. The van der Waals surface area contributed by atoms with Gasteiger partial charge in [-0.1, -0.05) is 36.0 Å². The Morgan fingerprint density at radius 3 is 2.52 bits per heavy atom. The lowest BCUT2D eigenvalue weighted by Gasteiger charge is -2.06. The maximum atomic E-state index is 12.2. The van der Waals surface area contributed by atoms with E-state index in [0.29, 0.717) is 29.5 Å². The van der Waals surface area contributed by atoms with Crippen LogP contribution >= 0.6 is 11.8 Å². The Bertz CT molecular complexity index is 1010. The highest BCUT2D eigenvalue weighted by Gasteiger charge is 2.13. The largest absolute Gasteiger partial charge is 0.497 e. The quantitative estimate of drug-likeness (QED) is 0.434. The number of nitrogen functional groups attached to an aromatic ring is 1. The van der Waals surface area contributed by atoms with Gasteiger partial charge in [0.15, 0.2) is 5.82 Å². The van der Waals surface area contributed by atoms with E-state index >= 15 is 0 Å². The van der Waals surface area contributed by atoms with E-state index in [1.807, 2.05) is 36.4 Å². The van der Waals surface area contributed by atoms with Gasteiger partial charge in [-0.3, -0.25) is 4.79 Å². The average Bonchev–Trinajstić information content (AvgIpc) is 3.08. The second-order valence-corrected chi connectivity index (χ2v) is 7.10. The molecular formula is C20H20N6O2S. The molecule has 0 spiro atoms. The summed E-state index contributed by atoms with van der Waals surface area (Å²) in [5, 5.41) is 20.2. The number of carbonyl (C=O) groups is 1. The predicted molar refractivity (Wildman–Crippen MR) is 111 cm³/mol. The van der Waals surface area contributed by atoms with Gasteiger partial charge in [0.05, 0.1) is 25.4 Å². The van der Waals surface area contributed by atoms with Crippen LogP contribution < -0.4 is 15.9 Å². The third kappa shape index (κ3) is 5.49. The zero-order valence-corrected chi connectivity index (χ0v) is 16.6. The van der Waals surface area contributed by atoms with E-state index in [9.17, 15) is 4.79 Å². The SMILES string of the molecule is COc1ccc(Cc2nnc(SCC(=O)Nc3ccc(CC#N)cc3)n2N)cc1. The highest BCUT2D eigenvalue weighted by molar-refractivity contribution is 7.99. The number of aromatic nitrogens is 3. The number of hydrogen-bond acceptors (Lipinski definition) is 7. The van der Waals surface area contributed by atoms with Gasteiger partial charge in [0, 0.05) is 12.1 Å². The van der Waals surface area contributed by atoms with E-state index in [-0.39, 0.29) is 11.7 Å². The van der Waals surface area contributed by atoms with Crippen LogP contribution in [0.1, 0.15) is 17.0 Å². The molecule has 0 aliphatic carbocycles. The number of anilines is 1. The molecule has 1 aromatic heterocycles. The molecule has 0 unspecified atom stereocenters. The number of nitriles is 1. The van der Waals surface area contributed by atoms with E-state index in [0.717, 1.165) is 16.9 Å². The summed E-state index contributed by atoms with van der Waals surface area (Å²) in [7, 11) is 1.62. The van der Waals surface area contributed by atoms with Gasteiger partial charge in [-0.2, -0.15) is 5.26 Å². The van der Waals surface area contributed by atoms with Crippen LogP contribution in [-0.4, -0.2) is 33.6 Å². The molecule has 0 saturated heterocycles. The van der Waals surface area contributed by atoms with Crippen molar-refractivity contribution in [3.05, 3.63) is 65.5 Å². The predicted octanol–water partition coefficient (Wildman–Crippen LogP) is 2.39. The van der Waals surface area contributed by atoms with Crippen LogP contribution in [-0.2, 0) is 17.6 Å². The topological polar surface area (TPSA) is 119 Å². The standard InChI is InChI=1S/C20H20N6O2S/c1-28-17-8-4-15(5-9-17)12-18-24-25-20(26(18)22)29-13-19(27)23-16-6-2-14(3-7-16)10-11-21/h2-9H,10,12-13,22H2,1H3,(H,23,27). The van der Waals surface area contributed by atoms with Crippen LogP contribution in [0.15, 0.2) is 53.7 Å². The molecule has 8 nitrogen and oxygen atoms in total. The lowest BCUT2D eigenvalue weighted by atomic mass is 10.1. The lowest BCUT2D eigenvalue weighted by Crippen LogP contribution is -2.17. The monoisotopic (exact) mass is 408 g/mol. The average molecular weight is 408 g/mol. The van der Waals surface area contributed by atoms with E-state index in [2.05, 4.69) is 21.6 Å². The number of carbonyl (C=O) groups excluding carboxylic acids is 1. The fourth-order valence-corrected chi connectivity index (χ4v) is 3.25. The molecule has 0 saturated carbocycles. The fourth-order valence-electron chi connectivity index (χ4n) is 2.58. The number of nitrogens with zero attached hydrogens (tertiary/aromatic N) is 4. The van der Waals surface area contributed by atoms with Crippen LogP contribution in [0.2, 0.25) is 0 Å². The van der Waals surface area contributed by atoms with Gasteiger partial charge in [0.1, 0.15) is 5.75 Å². The van der Waals surface area contributed by atoms with Crippen molar-refractivity contribution in [3.63, 3.8) is 0 Å². The Morgan fingerprint density at radius 2 is 1.86 bits per heavy atom. The maximum Gasteiger partial charge on any atom is 0.234 e. The molecule has 1 heterocycles. The minimum Gasteiger partial charge on any atom is -0.497 e. The van der Waals surface area contributed by atoms with Crippen LogP contribution in [0, 0.1) is 11.3 Å². The molecule has 3 N–H and O–H groups in total. The minimum absolute atomic E-state index is 0.151. The molecule has 0 bridgehead atoms. The minimum atomic E-state index is -0.178. The summed E-state index contributed by atoms with van der Waals surface area (Å²) in [4.78, 5) is 12.2. The normalized spacial score (nSPS) is 10.3. The lowest BCUT2D eigenvalue weighted by molar-refractivity contribution is -0.113. The molecule has 29 heavy (non-hydrogen) atoms. The number of ether oxygens (including phenoxy) is 1. The highest BCUT2D eigenvalue weighted by Crippen LogP contribution is 2.18. The van der Waals surface area contributed by atoms with Crippen molar-refractivity contribution in [2.24, 2.45) is 0 Å². The molecule has 0 atom stereocenters. The molecule has 0 aliphatic rings. The second-order valence-electron chi connectivity index (χ2n) is 6.16. The zero-order valence-electron chi connectivity index (χ0n) is 15.8. The van der Waals surface area contributed by atoms with Gasteiger partial charge in [-0.15, -0.1) is 10.2 Å². The highest BCUT2D eigenvalue weighted by atomic mass is 32.2. The summed E-state index contributed by atoms with van der Waals surface area (Å²) >= 11 is 1.21. The third-order valence-electron chi connectivity index (χ3n) is 4.11. The van der Waals surface area contributed by atoms with Crippen molar-refractivity contribution in [3.8, 4) is 11.8 Å². The molecule has 0 aliphatic heterocycles. The van der Waals surface area contributed by atoms with Crippen molar-refractivity contribution in [2.75, 3.05) is 24.0 Å². The van der Waals surface area contributed by atoms with Crippen LogP contribution in [0.25, 0.3) is 0 Å². The summed E-state index contributed by atoms with van der Waals surface area (Å²) in [5.41, 5.74) is 2.60. The summed E-state index contributed by atoms with van der Waals surface area (Å²) in [6, 6.07) is 16.9. The first-order valence-corrected chi connectivity index (χ1v) is 9.78.